The van der Waals surface area contributed by atoms with Crippen LogP contribution in [0.1, 0.15) is 12.8 Å². The van der Waals surface area contributed by atoms with Crippen molar-refractivity contribution in [2.24, 2.45) is 0 Å². The number of likely N-dealkylation sites (N-methyl/N-ethyl adjacent to an activating group) is 1. The molecule has 1 heterocycles. The Morgan fingerprint density at radius 3 is 2.54 bits per heavy atom. The van der Waals surface area contributed by atoms with E-state index in [9.17, 15) is 9.59 Å². The van der Waals surface area contributed by atoms with Gasteiger partial charge in [-0.15, -0.1) is 0 Å². The number of hydrogen-bond acceptors (Lipinski definition) is 5. The lowest BCUT2D eigenvalue weighted by atomic mass is 9.86. The number of hydrogen-bond donors (Lipinski definition) is 2. The Bertz CT molecular complexity index is 583. The summed E-state index contributed by atoms with van der Waals surface area (Å²) in [5.41, 5.74) is 0.0694. The Hall–Kier alpha value is -2.28. The average Bonchev–Trinajstić information content (AvgIpc) is 2.61. The summed E-state index contributed by atoms with van der Waals surface area (Å²) >= 11 is 0. The predicted molar refractivity (Wildman–Crippen MR) is 91.1 cm³/mol. The molecule has 24 heavy (non-hydrogen) atoms. The number of anilines is 1. The van der Waals surface area contributed by atoms with Gasteiger partial charge in [0.05, 0.1) is 7.11 Å². The zero-order valence-corrected chi connectivity index (χ0v) is 14.4. The van der Waals surface area contributed by atoms with Crippen molar-refractivity contribution in [1.82, 2.24) is 10.2 Å². The molecule has 1 fully saturated rings. The van der Waals surface area contributed by atoms with Gasteiger partial charge < -0.3 is 25.0 Å². The zero-order chi connectivity index (χ0) is 17.6. The number of amides is 2. The SMILES string of the molecule is CNC(=O)C1(Nc2cccc(OC)c2)CCN(C(=O)COC)CC1. The summed E-state index contributed by atoms with van der Waals surface area (Å²) < 4.78 is 10.1. The lowest BCUT2D eigenvalue weighted by Gasteiger charge is -2.41. The molecule has 2 rings (SSSR count). The molecule has 0 atom stereocenters. The van der Waals surface area contributed by atoms with Gasteiger partial charge in [-0.1, -0.05) is 6.07 Å². The molecule has 0 spiro atoms. The van der Waals surface area contributed by atoms with Crippen LogP contribution in [0.25, 0.3) is 0 Å². The Labute approximate surface area is 142 Å². The normalized spacial score (nSPS) is 16.4. The molecule has 132 valence electrons. The van der Waals surface area contributed by atoms with Crippen LogP contribution in [0.3, 0.4) is 0 Å². The molecular formula is C17H25N3O4. The number of ether oxygens (including phenoxy) is 2. The maximum atomic E-state index is 12.5. The van der Waals surface area contributed by atoms with E-state index in [0.29, 0.717) is 25.9 Å². The van der Waals surface area contributed by atoms with E-state index in [1.165, 1.54) is 7.11 Å². The molecule has 1 aromatic carbocycles. The monoisotopic (exact) mass is 335 g/mol. The molecule has 2 amide bonds. The summed E-state index contributed by atoms with van der Waals surface area (Å²) in [4.78, 5) is 26.2. The molecule has 7 nitrogen and oxygen atoms in total. The van der Waals surface area contributed by atoms with Crippen LogP contribution in [0, 0.1) is 0 Å². The van der Waals surface area contributed by atoms with E-state index in [-0.39, 0.29) is 18.4 Å². The number of likely N-dealkylation sites (tertiary alicyclic amines) is 1. The second kappa shape index (κ2) is 8.01. The van der Waals surface area contributed by atoms with Crippen molar-refractivity contribution in [2.45, 2.75) is 18.4 Å². The number of carbonyl (C=O) groups excluding carboxylic acids is 2. The molecule has 1 aromatic rings. The van der Waals surface area contributed by atoms with Gasteiger partial charge in [0.2, 0.25) is 11.8 Å². The molecule has 0 saturated carbocycles. The van der Waals surface area contributed by atoms with Gasteiger partial charge in [0.1, 0.15) is 17.9 Å². The van der Waals surface area contributed by atoms with E-state index in [4.69, 9.17) is 9.47 Å². The Morgan fingerprint density at radius 1 is 1.25 bits per heavy atom. The lowest BCUT2D eigenvalue weighted by molar-refractivity contribution is -0.138. The van der Waals surface area contributed by atoms with E-state index >= 15 is 0 Å². The standard InChI is InChI=1S/C17H25N3O4/c1-18-16(22)17(19-13-5-4-6-14(11-13)24-3)7-9-20(10-8-17)15(21)12-23-2/h4-6,11,19H,7-10,12H2,1-3H3,(H,18,22). The summed E-state index contributed by atoms with van der Waals surface area (Å²) in [6, 6.07) is 7.47. The number of methoxy groups -OCH3 is 2. The number of rotatable bonds is 6. The van der Waals surface area contributed by atoms with Crippen molar-refractivity contribution >= 4 is 17.5 Å². The lowest BCUT2D eigenvalue weighted by Crippen LogP contribution is -2.58. The molecule has 0 aliphatic carbocycles. The van der Waals surface area contributed by atoms with Crippen molar-refractivity contribution in [3.8, 4) is 5.75 Å². The van der Waals surface area contributed by atoms with Gasteiger partial charge in [-0.2, -0.15) is 0 Å². The molecule has 1 aliphatic rings. The van der Waals surface area contributed by atoms with Crippen LogP contribution in [0.2, 0.25) is 0 Å². The third-order valence-electron chi connectivity index (χ3n) is 4.35. The number of piperidine rings is 1. The number of nitrogens with one attached hydrogen (secondary N) is 2. The molecule has 7 heteroatoms. The molecule has 1 aliphatic heterocycles. The fourth-order valence-corrected chi connectivity index (χ4v) is 2.98. The number of nitrogens with zero attached hydrogens (tertiary/aromatic N) is 1. The highest BCUT2D eigenvalue weighted by Gasteiger charge is 2.41. The first-order chi connectivity index (χ1) is 11.5. The van der Waals surface area contributed by atoms with Gasteiger partial charge in [-0.3, -0.25) is 9.59 Å². The first-order valence-corrected chi connectivity index (χ1v) is 7.96. The third-order valence-corrected chi connectivity index (χ3v) is 4.35. The zero-order valence-electron chi connectivity index (χ0n) is 14.4. The molecule has 1 saturated heterocycles. The molecule has 2 N–H and O–H groups in total. The molecular weight excluding hydrogens is 310 g/mol. The van der Waals surface area contributed by atoms with Gasteiger partial charge in [0.15, 0.2) is 0 Å². The van der Waals surface area contributed by atoms with Crippen LogP contribution in [-0.2, 0) is 14.3 Å². The molecule has 0 unspecified atom stereocenters. The highest BCUT2D eigenvalue weighted by atomic mass is 16.5. The van der Waals surface area contributed by atoms with Crippen LogP contribution < -0.4 is 15.4 Å². The molecule has 0 aromatic heterocycles. The van der Waals surface area contributed by atoms with Gasteiger partial charge >= 0.3 is 0 Å². The van der Waals surface area contributed by atoms with Crippen molar-refractivity contribution in [3.63, 3.8) is 0 Å². The van der Waals surface area contributed by atoms with Crippen LogP contribution in [0.5, 0.6) is 5.75 Å². The van der Waals surface area contributed by atoms with Crippen molar-refractivity contribution in [2.75, 3.05) is 46.3 Å². The predicted octanol–water partition coefficient (Wildman–Crippen LogP) is 0.861. The van der Waals surface area contributed by atoms with Crippen molar-refractivity contribution < 1.29 is 19.1 Å². The minimum Gasteiger partial charge on any atom is -0.497 e. The first-order valence-electron chi connectivity index (χ1n) is 7.96. The Kier molecular flexibility index (Phi) is 6.03. The second-order valence-electron chi connectivity index (χ2n) is 5.83. The second-order valence-corrected chi connectivity index (χ2v) is 5.83. The minimum absolute atomic E-state index is 0.0515. The Morgan fingerprint density at radius 2 is 1.96 bits per heavy atom. The first kappa shape index (κ1) is 18.1. The number of benzene rings is 1. The van der Waals surface area contributed by atoms with E-state index in [2.05, 4.69) is 10.6 Å². The fourth-order valence-electron chi connectivity index (χ4n) is 2.98. The molecule has 0 bridgehead atoms. The topological polar surface area (TPSA) is 79.9 Å². The van der Waals surface area contributed by atoms with Gasteiger partial charge in [-0.05, 0) is 25.0 Å². The largest absolute Gasteiger partial charge is 0.497 e. The van der Waals surface area contributed by atoms with Crippen molar-refractivity contribution in [3.05, 3.63) is 24.3 Å². The van der Waals surface area contributed by atoms with Crippen LogP contribution in [-0.4, -0.2) is 63.2 Å². The van der Waals surface area contributed by atoms with Crippen LogP contribution in [0.4, 0.5) is 5.69 Å². The minimum atomic E-state index is -0.745. The smallest absolute Gasteiger partial charge is 0.248 e. The quantitative estimate of drug-likeness (QED) is 0.806. The van der Waals surface area contributed by atoms with E-state index in [1.54, 1.807) is 19.1 Å². The van der Waals surface area contributed by atoms with Crippen LogP contribution in [0.15, 0.2) is 24.3 Å². The summed E-state index contributed by atoms with van der Waals surface area (Å²) in [5.74, 6) is 0.591. The fraction of sp³-hybridized carbons (Fsp3) is 0.529. The van der Waals surface area contributed by atoms with Crippen molar-refractivity contribution in [1.29, 1.82) is 0 Å². The summed E-state index contributed by atoms with van der Waals surface area (Å²) in [6.45, 7) is 1.08. The van der Waals surface area contributed by atoms with Gasteiger partial charge in [0, 0.05) is 39.0 Å². The van der Waals surface area contributed by atoms with Gasteiger partial charge in [-0.25, -0.2) is 0 Å². The van der Waals surface area contributed by atoms with Gasteiger partial charge in [0.25, 0.3) is 0 Å². The summed E-state index contributed by atoms with van der Waals surface area (Å²) in [5, 5.41) is 6.08. The Balaban J connectivity index is 2.14. The highest BCUT2D eigenvalue weighted by Crippen LogP contribution is 2.29. The average molecular weight is 335 g/mol. The van der Waals surface area contributed by atoms with E-state index in [0.717, 1.165) is 11.4 Å². The maximum Gasteiger partial charge on any atom is 0.248 e. The summed E-state index contributed by atoms with van der Waals surface area (Å²) in [7, 11) is 4.73. The van der Waals surface area contributed by atoms with E-state index < -0.39 is 5.54 Å². The third kappa shape index (κ3) is 3.97. The highest BCUT2D eigenvalue weighted by molar-refractivity contribution is 5.90. The molecule has 0 radical (unpaired) electrons. The van der Waals surface area contributed by atoms with Crippen LogP contribution >= 0.6 is 0 Å². The summed E-state index contributed by atoms with van der Waals surface area (Å²) in [6.07, 6.45) is 1.05. The number of carbonyl (C=O) groups is 2. The van der Waals surface area contributed by atoms with E-state index in [1.807, 2.05) is 24.3 Å². The maximum absolute atomic E-state index is 12.5.